The lowest BCUT2D eigenvalue weighted by Crippen LogP contribution is -2.30. The van der Waals surface area contributed by atoms with E-state index in [1.54, 1.807) is 0 Å². The van der Waals surface area contributed by atoms with Crippen molar-refractivity contribution in [3.63, 3.8) is 0 Å². The zero-order valence-corrected chi connectivity index (χ0v) is 8.55. The molecule has 1 saturated heterocycles. The van der Waals surface area contributed by atoms with Crippen LogP contribution in [0, 0.1) is 0 Å². The monoisotopic (exact) mass is 172 g/mol. The molecule has 0 N–H and O–H groups in total. The van der Waals surface area contributed by atoms with Gasteiger partial charge >= 0.3 is 0 Å². The van der Waals surface area contributed by atoms with Gasteiger partial charge in [-0.3, -0.25) is 0 Å². The highest BCUT2D eigenvalue weighted by atomic mass is 28.2. The summed E-state index contributed by atoms with van der Waals surface area (Å²) in [4.78, 5) is 11.1. The molecule has 0 aliphatic carbocycles. The van der Waals surface area contributed by atoms with E-state index in [4.69, 9.17) is 4.74 Å². The number of rotatable bonds is 3. The molecule has 11 heavy (non-hydrogen) atoms. The second-order valence-corrected chi connectivity index (χ2v) is 5.19. The summed E-state index contributed by atoms with van der Waals surface area (Å²) in [5, 5.41) is 0.469. The van der Waals surface area contributed by atoms with Crippen molar-refractivity contribution in [3.05, 3.63) is 0 Å². The summed E-state index contributed by atoms with van der Waals surface area (Å²) in [6, 6.07) is 0. The Morgan fingerprint density at radius 3 is 3.00 bits per heavy atom. The fourth-order valence-electron chi connectivity index (χ4n) is 1.37. The molecular formula is C8H16O2Si. The first kappa shape index (κ1) is 8.94. The van der Waals surface area contributed by atoms with Crippen LogP contribution in [0.25, 0.3) is 0 Å². The summed E-state index contributed by atoms with van der Waals surface area (Å²) < 4.78 is 5.49. The quantitative estimate of drug-likeness (QED) is 0.583. The van der Waals surface area contributed by atoms with Crippen LogP contribution in [0.1, 0.15) is 32.6 Å². The molecule has 1 unspecified atom stereocenters. The molecule has 3 heteroatoms. The lowest BCUT2D eigenvalue weighted by molar-refractivity contribution is -0.112. The van der Waals surface area contributed by atoms with Gasteiger partial charge in [0.2, 0.25) is 0 Å². The molecular weight excluding hydrogens is 156 g/mol. The molecule has 0 radical (unpaired) electrons. The van der Waals surface area contributed by atoms with Gasteiger partial charge in [-0.1, -0.05) is 6.92 Å². The molecule has 1 aliphatic heterocycles. The van der Waals surface area contributed by atoms with Gasteiger partial charge in [0.1, 0.15) is 14.9 Å². The summed E-state index contributed by atoms with van der Waals surface area (Å²) in [7, 11) is -0.571. The van der Waals surface area contributed by atoms with Crippen LogP contribution in [0.5, 0.6) is 0 Å². The van der Waals surface area contributed by atoms with Gasteiger partial charge in [0.25, 0.3) is 0 Å². The molecule has 0 bridgehead atoms. The van der Waals surface area contributed by atoms with E-state index < -0.39 is 9.52 Å². The number of carbonyl (C=O) groups is 1. The van der Waals surface area contributed by atoms with Gasteiger partial charge in [0.15, 0.2) is 0 Å². The highest BCUT2D eigenvalue weighted by Crippen LogP contribution is 2.11. The zero-order chi connectivity index (χ0) is 8.10. The largest absolute Gasteiger partial charge is 0.382 e. The highest BCUT2D eigenvalue weighted by molar-refractivity contribution is 6.74. The van der Waals surface area contributed by atoms with E-state index in [9.17, 15) is 4.79 Å². The lowest BCUT2D eigenvalue weighted by Gasteiger charge is -2.21. The molecule has 0 amide bonds. The summed E-state index contributed by atoms with van der Waals surface area (Å²) in [5.74, 6) is 0. The molecule has 2 nitrogen and oxygen atoms in total. The maximum Gasteiger partial charge on any atom is 0.134 e. The van der Waals surface area contributed by atoms with Crippen LogP contribution >= 0.6 is 0 Å². The summed E-state index contributed by atoms with van der Waals surface area (Å²) in [6.07, 6.45) is 4.30. The van der Waals surface area contributed by atoms with Gasteiger partial charge in [-0.05, 0) is 25.7 Å². The second kappa shape index (κ2) is 4.67. The van der Waals surface area contributed by atoms with E-state index in [1.807, 2.05) is 6.92 Å². The van der Waals surface area contributed by atoms with E-state index in [0.717, 1.165) is 13.0 Å². The Hall–Kier alpha value is -0.153. The van der Waals surface area contributed by atoms with E-state index in [-0.39, 0.29) is 0 Å². The van der Waals surface area contributed by atoms with E-state index in [0.29, 0.717) is 17.6 Å². The predicted molar refractivity (Wildman–Crippen MR) is 47.4 cm³/mol. The Morgan fingerprint density at radius 1 is 1.64 bits per heavy atom. The Labute approximate surface area is 70.1 Å². The van der Waals surface area contributed by atoms with E-state index in [2.05, 4.69) is 0 Å². The highest BCUT2D eigenvalue weighted by Gasteiger charge is 2.16. The molecule has 1 atom stereocenters. The topological polar surface area (TPSA) is 26.3 Å². The molecule has 1 aliphatic rings. The lowest BCUT2D eigenvalue weighted by atomic mass is 10.2. The van der Waals surface area contributed by atoms with Crippen LogP contribution in [0.2, 0.25) is 0 Å². The van der Waals surface area contributed by atoms with Crippen molar-refractivity contribution in [1.29, 1.82) is 0 Å². The number of hydrogen-bond donors (Lipinski definition) is 0. The van der Waals surface area contributed by atoms with Crippen LogP contribution < -0.4 is 0 Å². The smallest absolute Gasteiger partial charge is 0.134 e. The average Bonchev–Trinajstić information content (AvgIpc) is 2.06. The molecule has 0 aromatic heterocycles. The Bertz CT molecular complexity index is 130. The maximum absolute atomic E-state index is 11.1. The molecule has 1 heterocycles. The van der Waals surface area contributed by atoms with Gasteiger partial charge in [-0.15, -0.1) is 0 Å². The molecule has 0 aromatic rings. The minimum absolute atomic E-state index is 0.371. The fourth-order valence-corrected chi connectivity index (χ4v) is 2.94. The van der Waals surface area contributed by atoms with Gasteiger partial charge < -0.3 is 9.53 Å². The summed E-state index contributed by atoms with van der Waals surface area (Å²) >= 11 is 0. The van der Waals surface area contributed by atoms with Crippen LogP contribution in [0.4, 0.5) is 0 Å². The Balaban J connectivity index is 2.19. The molecule has 1 fully saturated rings. The Morgan fingerprint density at radius 2 is 2.45 bits per heavy atom. The SMILES string of the molecule is CCC(=O)[SiH2]C1CCCCO1. The van der Waals surface area contributed by atoms with Gasteiger partial charge in [-0.25, -0.2) is 0 Å². The summed E-state index contributed by atoms with van der Waals surface area (Å²) in [6.45, 7) is 2.83. The van der Waals surface area contributed by atoms with Crippen molar-refractivity contribution in [3.8, 4) is 0 Å². The van der Waals surface area contributed by atoms with Crippen molar-refractivity contribution in [2.45, 2.75) is 38.3 Å². The molecule has 0 spiro atoms. The number of hydrogen-bond acceptors (Lipinski definition) is 2. The van der Waals surface area contributed by atoms with Crippen molar-refractivity contribution < 1.29 is 9.53 Å². The zero-order valence-electron chi connectivity index (χ0n) is 7.14. The molecule has 0 aromatic carbocycles. The normalized spacial score (nSPS) is 26.1. The fraction of sp³-hybridized carbons (Fsp3) is 0.875. The third-order valence-electron chi connectivity index (χ3n) is 2.12. The minimum Gasteiger partial charge on any atom is -0.382 e. The van der Waals surface area contributed by atoms with Crippen LogP contribution in [-0.2, 0) is 9.53 Å². The third-order valence-corrected chi connectivity index (χ3v) is 4.18. The van der Waals surface area contributed by atoms with E-state index in [1.165, 1.54) is 12.8 Å². The average molecular weight is 172 g/mol. The number of carbonyl (C=O) groups excluding carboxylic acids is 1. The standard InChI is InChI=1S/C8H16O2Si/c1-2-7(9)11-8-5-3-4-6-10-8/h8H,2-6,11H2,1H3. The summed E-state index contributed by atoms with van der Waals surface area (Å²) in [5.41, 5.74) is 0.371. The van der Waals surface area contributed by atoms with Crippen LogP contribution in [-0.4, -0.2) is 27.3 Å². The molecule has 1 rings (SSSR count). The maximum atomic E-state index is 11.1. The van der Waals surface area contributed by atoms with Crippen molar-refractivity contribution >= 4 is 14.9 Å². The number of ether oxygens (including phenoxy) is 1. The molecule has 0 saturated carbocycles. The van der Waals surface area contributed by atoms with Gasteiger partial charge in [-0.2, -0.15) is 0 Å². The first-order valence-electron chi connectivity index (χ1n) is 4.46. The van der Waals surface area contributed by atoms with Crippen molar-refractivity contribution in [2.75, 3.05) is 6.61 Å². The first-order valence-corrected chi connectivity index (χ1v) is 5.98. The predicted octanol–water partition coefficient (Wildman–Crippen LogP) is 0.618. The van der Waals surface area contributed by atoms with E-state index >= 15 is 0 Å². The van der Waals surface area contributed by atoms with Gasteiger partial charge in [0.05, 0.1) is 5.73 Å². The van der Waals surface area contributed by atoms with Crippen LogP contribution in [0.15, 0.2) is 0 Å². The van der Waals surface area contributed by atoms with Crippen LogP contribution in [0.3, 0.4) is 0 Å². The second-order valence-electron chi connectivity index (χ2n) is 3.08. The van der Waals surface area contributed by atoms with Crippen molar-refractivity contribution in [1.82, 2.24) is 0 Å². The first-order chi connectivity index (χ1) is 5.33. The Kier molecular flexibility index (Phi) is 3.79. The van der Waals surface area contributed by atoms with Gasteiger partial charge in [0, 0.05) is 6.61 Å². The minimum atomic E-state index is -0.571. The third kappa shape index (κ3) is 3.16. The van der Waals surface area contributed by atoms with Crippen molar-refractivity contribution in [2.24, 2.45) is 0 Å². The molecule has 64 valence electrons.